The lowest BCUT2D eigenvalue weighted by atomic mass is 10.1. The molecule has 0 saturated carbocycles. The van der Waals surface area contributed by atoms with Crippen LogP contribution in [0, 0.1) is 12.7 Å². The van der Waals surface area contributed by atoms with Crippen LogP contribution in [0.5, 0.6) is 0 Å². The van der Waals surface area contributed by atoms with Crippen LogP contribution < -0.4 is 10.5 Å². The van der Waals surface area contributed by atoms with Crippen LogP contribution in [0.15, 0.2) is 41.2 Å². The van der Waals surface area contributed by atoms with Crippen LogP contribution in [0.4, 0.5) is 10.1 Å². The van der Waals surface area contributed by atoms with E-state index in [-0.39, 0.29) is 17.3 Å². The maximum Gasteiger partial charge on any atom is 0.275 e. The molecule has 2 heterocycles. The van der Waals surface area contributed by atoms with Gasteiger partial charge < -0.3 is 9.47 Å². The fraction of sp³-hybridized carbons (Fsp3) is 0.200. The normalized spacial score (nSPS) is 14.3. The number of aromatic nitrogens is 1. The van der Waals surface area contributed by atoms with Crippen molar-refractivity contribution in [1.82, 2.24) is 4.57 Å². The Morgan fingerprint density at radius 3 is 2.65 bits per heavy atom. The molecule has 0 radical (unpaired) electrons. The number of pyridine rings is 1. The second-order valence-corrected chi connectivity index (χ2v) is 4.79. The summed E-state index contributed by atoms with van der Waals surface area (Å²) in [7, 11) is 0. The van der Waals surface area contributed by atoms with Crippen LogP contribution in [0.2, 0.25) is 0 Å². The largest absolute Gasteiger partial charge is 0.305 e. The number of carbonyl (C=O) groups is 1. The van der Waals surface area contributed by atoms with Gasteiger partial charge in [-0.1, -0.05) is 6.07 Å². The molecule has 0 aliphatic carbocycles. The molecule has 4 nitrogen and oxygen atoms in total. The molecular weight excluding hydrogens is 259 g/mol. The fourth-order valence-corrected chi connectivity index (χ4v) is 2.53. The number of hydrogen-bond acceptors (Lipinski definition) is 2. The molecule has 0 N–H and O–H groups in total. The van der Waals surface area contributed by atoms with Crippen molar-refractivity contribution in [3.05, 3.63) is 63.8 Å². The van der Waals surface area contributed by atoms with Gasteiger partial charge in [0.2, 0.25) is 0 Å². The SMILES string of the molecule is Cc1cc(F)ccc1N1CCn2c(cccc2=O)C1=O. The minimum Gasteiger partial charge on any atom is -0.305 e. The highest BCUT2D eigenvalue weighted by atomic mass is 19.1. The number of carbonyl (C=O) groups excluding carboxylic acids is 1. The Kier molecular flexibility index (Phi) is 2.89. The number of anilines is 1. The molecule has 1 aliphatic rings. The second-order valence-electron chi connectivity index (χ2n) is 4.79. The van der Waals surface area contributed by atoms with Gasteiger partial charge in [0.25, 0.3) is 11.5 Å². The van der Waals surface area contributed by atoms with Crippen molar-refractivity contribution in [3.63, 3.8) is 0 Å². The van der Waals surface area contributed by atoms with E-state index in [4.69, 9.17) is 0 Å². The predicted molar refractivity (Wildman–Crippen MR) is 73.5 cm³/mol. The summed E-state index contributed by atoms with van der Waals surface area (Å²) in [6, 6.07) is 8.98. The summed E-state index contributed by atoms with van der Waals surface area (Å²) in [6.07, 6.45) is 0. The molecule has 20 heavy (non-hydrogen) atoms. The third-order valence-electron chi connectivity index (χ3n) is 3.51. The highest BCUT2D eigenvalue weighted by Crippen LogP contribution is 2.24. The van der Waals surface area contributed by atoms with Gasteiger partial charge in [-0.25, -0.2) is 4.39 Å². The first-order chi connectivity index (χ1) is 9.58. The molecule has 0 bridgehead atoms. The zero-order valence-electron chi connectivity index (χ0n) is 11.0. The van der Waals surface area contributed by atoms with Crippen molar-refractivity contribution >= 4 is 11.6 Å². The van der Waals surface area contributed by atoms with Crippen LogP contribution in [0.1, 0.15) is 16.1 Å². The van der Waals surface area contributed by atoms with E-state index in [1.165, 1.54) is 22.8 Å². The Morgan fingerprint density at radius 1 is 1.10 bits per heavy atom. The number of amides is 1. The Bertz CT molecular complexity index is 752. The van der Waals surface area contributed by atoms with E-state index in [2.05, 4.69) is 0 Å². The molecule has 0 saturated heterocycles. The van der Waals surface area contributed by atoms with Gasteiger partial charge in [-0.15, -0.1) is 0 Å². The van der Waals surface area contributed by atoms with Crippen molar-refractivity contribution in [3.8, 4) is 0 Å². The van der Waals surface area contributed by atoms with E-state index in [0.717, 1.165) is 0 Å². The first kappa shape index (κ1) is 12.6. The predicted octanol–water partition coefficient (Wildman–Crippen LogP) is 1.96. The van der Waals surface area contributed by atoms with E-state index in [0.29, 0.717) is 30.0 Å². The summed E-state index contributed by atoms with van der Waals surface area (Å²) in [5, 5.41) is 0. The molecular formula is C15H13FN2O2. The quantitative estimate of drug-likeness (QED) is 0.796. The maximum absolute atomic E-state index is 13.2. The van der Waals surface area contributed by atoms with E-state index < -0.39 is 0 Å². The number of aryl methyl sites for hydroxylation is 1. The van der Waals surface area contributed by atoms with Gasteiger partial charge in [0.15, 0.2) is 0 Å². The number of hydrogen-bond donors (Lipinski definition) is 0. The van der Waals surface area contributed by atoms with Gasteiger partial charge in [-0.3, -0.25) is 9.59 Å². The van der Waals surface area contributed by atoms with Crippen LogP contribution in [0.25, 0.3) is 0 Å². The van der Waals surface area contributed by atoms with Crippen LogP contribution in [-0.2, 0) is 6.54 Å². The second kappa shape index (κ2) is 4.59. The van der Waals surface area contributed by atoms with Gasteiger partial charge >= 0.3 is 0 Å². The monoisotopic (exact) mass is 272 g/mol. The van der Waals surface area contributed by atoms with Crippen LogP contribution in [-0.4, -0.2) is 17.0 Å². The number of fused-ring (bicyclic) bond motifs is 1. The average Bonchev–Trinajstić information content (AvgIpc) is 2.41. The minimum atomic E-state index is -0.327. The third kappa shape index (κ3) is 1.91. The van der Waals surface area contributed by atoms with Gasteiger partial charge in [0.05, 0.1) is 0 Å². The number of benzene rings is 1. The highest BCUT2D eigenvalue weighted by Gasteiger charge is 2.26. The molecule has 0 spiro atoms. The number of rotatable bonds is 1. The van der Waals surface area contributed by atoms with Crippen molar-refractivity contribution in [2.75, 3.05) is 11.4 Å². The Labute approximate surface area is 115 Å². The lowest BCUT2D eigenvalue weighted by Crippen LogP contribution is -2.44. The standard InChI is InChI=1S/C15H13FN2O2/c1-10-9-11(16)5-6-12(10)18-8-7-17-13(15(18)20)3-2-4-14(17)19/h2-6,9H,7-8H2,1H3. The molecule has 1 aliphatic heterocycles. The zero-order valence-corrected chi connectivity index (χ0v) is 11.0. The molecule has 5 heteroatoms. The van der Waals surface area contributed by atoms with E-state index in [9.17, 15) is 14.0 Å². The first-order valence-electron chi connectivity index (χ1n) is 6.36. The van der Waals surface area contributed by atoms with Gasteiger partial charge in [-0.05, 0) is 36.8 Å². The third-order valence-corrected chi connectivity index (χ3v) is 3.51. The summed E-state index contributed by atoms with van der Waals surface area (Å²) in [4.78, 5) is 25.8. The molecule has 3 rings (SSSR count). The Balaban J connectivity index is 2.06. The molecule has 1 aromatic carbocycles. The minimum absolute atomic E-state index is 0.175. The summed E-state index contributed by atoms with van der Waals surface area (Å²) in [6.45, 7) is 2.61. The first-order valence-corrected chi connectivity index (χ1v) is 6.36. The molecule has 1 amide bonds. The molecule has 102 valence electrons. The lowest BCUT2D eigenvalue weighted by molar-refractivity contribution is 0.0963. The number of nitrogens with zero attached hydrogens (tertiary/aromatic N) is 2. The molecule has 0 atom stereocenters. The summed E-state index contributed by atoms with van der Waals surface area (Å²) >= 11 is 0. The van der Waals surface area contributed by atoms with Crippen LogP contribution >= 0.6 is 0 Å². The Hall–Kier alpha value is -2.43. The smallest absolute Gasteiger partial charge is 0.275 e. The number of halogens is 1. The van der Waals surface area contributed by atoms with Gasteiger partial charge in [-0.2, -0.15) is 0 Å². The molecule has 2 aromatic rings. The zero-order chi connectivity index (χ0) is 14.3. The topological polar surface area (TPSA) is 42.3 Å². The summed E-state index contributed by atoms with van der Waals surface area (Å²) < 4.78 is 14.6. The van der Waals surface area contributed by atoms with Crippen LogP contribution in [0.3, 0.4) is 0 Å². The van der Waals surface area contributed by atoms with Gasteiger partial charge in [0, 0.05) is 24.8 Å². The maximum atomic E-state index is 13.2. The van der Waals surface area contributed by atoms with Crippen molar-refractivity contribution in [2.45, 2.75) is 13.5 Å². The van der Waals surface area contributed by atoms with Crippen molar-refractivity contribution in [2.24, 2.45) is 0 Å². The van der Waals surface area contributed by atoms with E-state index >= 15 is 0 Å². The van der Waals surface area contributed by atoms with Crippen molar-refractivity contribution in [1.29, 1.82) is 0 Å². The average molecular weight is 272 g/mol. The van der Waals surface area contributed by atoms with E-state index in [1.807, 2.05) is 0 Å². The summed E-state index contributed by atoms with van der Waals surface area (Å²) in [5.41, 5.74) is 1.57. The Morgan fingerprint density at radius 2 is 1.90 bits per heavy atom. The van der Waals surface area contributed by atoms with Crippen molar-refractivity contribution < 1.29 is 9.18 Å². The molecule has 0 unspecified atom stereocenters. The fourth-order valence-electron chi connectivity index (χ4n) is 2.53. The van der Waals surface area contributed by atoms with Gasteiger partial charge in [0.1, 0.15) is 11.5 Å². The summed E-state index contributed by atoms with van der Waals surface area (Å²) in [5.74, 6) is -0.559. The lowest BCUT2D eigenvalue weighted by Gasteiger charge is -2.30. The molecule has 1 aromatic heterocycles. The molecule has 0 fully saturated rings. The highest BCUT2D eigenvalue weighted by molar-refractivity contribution is 6.06. The van der Waals surface area contributed by atoms with E-state index in [1.54, 1.807) is 30.0 Å².